The number of carbonyl (C=O) groups is 1. The highest BCUT2D eigenvalue weighted by molar-refractivity contribution is 6.42. The molecule has 0 spiro atoms. The van der Waals surface area contributed by atoms with Crippen LogP contribution in [0.25, 0.3) is 0 Å². The van der Waals surface area contributed by atoms with Gasteiger partial charge in [-0.25, -0.2) is 4.79 Å². The largest absolute Gasteiger partial charge is 0.322 e. The van der Waals surface area contributed by atoms with Gasteiger partial charge in [0.25, 0.3) is 0 Å². The molecule has 0 heterocycles. The van der Waals surface area contributed by atoms with Crippen molar-refractivity contribution in [1.29, 1.82) is 5.26 Å². The Labute approximate surface area is 134 Å². The molecule has 2 amide bonds. The van der Waals surface area contributed by atoms with Crippen molar-refractivity contribution in [3.63, 3.8) is 0 Å². The van der Waals surface area contributed by atoms with Crippen LogP contribution in [0, 0.1) is 17.2 Å². The number of halogens is 2. The topological polar surface area (TPSA) is 64.9 Å². The molecule has 0 aliphatic heterocycles. The highest BCUT2D eigenvalue weighted by Gasteiger charge is 2.24. The molecule has 1 fully saturated rings. The number of nitrogens with zero attached hydrogens (tertiary/aromatic N) is 1. The number of hydrogen-bond acceptors (Lipinski definition) is 2. The second-order valence-electron chi connectivity index (χ2n) is 5.23. The summed E-state index contributed by atoms with van der Waals surface area (Å²) in [5.74, 6) is 0.239. The Morgan fingerprint density at radius 1 is 1.24 bits per heavy atom. The summed E-state index contributed by atoms with van der Waals surface area (Å²) >= 11 is 11.7. The second-order valence-corrected chi connectivity index (χ2v) is 6.05. The number of urea groups is 1. The Bertz CT molecular complexity index is 550. The van der Waals surface area contributed by atoms with Crippen molar-refractivity contribution >= 4 is 34.9 Å². The van der Waals surface area contributed by atoms with Crippen molar-refractivity contribution < 1.29 is 4.79 Å². The van der Waals surface area contributed by atoms with Gasteiger partial charge in [-0.3, -0.25) is 0 Å². The monoisotopic (exact) mass is 325 g/mol. The molecule has 0 saturated heterocycles. The lowest BCUT2D eigenvalue weighted by Gasteiger charge is -2.26. The molecule has 21 heavy (non-hydrogen) atoms. The van der Waals surface area contributed by atoms with E-state index in [0.29, 0.717) is 15.7 Å². The summed E-state index contributed by atoms with van der Waals surface area (Å²) in [5.41, 5.74) is 0.544. The number of rotatable bonds is 3. The molecule has 1 aromatic carbocycles. The molecular formula is C15H17Cl2N3O. The van der Waals surface area contributed by atoms with E-state index in [1.54, 1.807) is 18.2 Å². The Balaban J connectivity index is 1.93. The lowest BCUT2D eigenvalue weighted by atomic mass is 9.84. The first-order chi connectivity index (χ1) is 10.1. The van der Waals surface area contributed by atoms with Crippen LogP contribution in [0.1, 0.15) is 32.1 Å². The zero-order valence-corrected chi connectivity index (χ0v) is 13.0. The third-order valence-electron chi connectivity index (χ3n) is 3.72. The van der Waals surface area contributed by atoms with Gasteiger partial charge in [0, 0.05) is 5.69 Å². The summed E-state index contributed by atoms with van der Waals surface area (Å²) in [5, 5.41) is 15.4. The minimum absolute atomic E-state index is 0.239. The Kier molecular flexibility index (Phi) is 5.72. The molecule has 2 N–H and O–H groups in total. The molecule has 4 nitrogen and oxygen atoms in total. The standard InChI is InChI=1S/C15H17Cl2N3O/c16-12-7-6-11(8-13(12)17)19-15(21)20-14(9-18)10-4-2-1-3-5-10/h6-8,10,14H,1-5H2,(H2,19,20,21). The fourth-order valence-corrected chi connectivity index (χ4v) is 2.90. The molecule has 0 bridgehead atoms. The molecule has 2 rings (SSSR count). The van der Waals surface area contributed by atoms with Gasteiger partial charge < -0.3 is 10.6 Å². The molecule has 1 saturated carbocycles. The maximum Gasteiger partial charge on any atom is 0.320 e. The molecule has 1 atom stereocenters. The molecule has 0 aromatic heterocycles. The van der Waals surface area contributed by atoms with Crippen LogP contribution in [0.5, 0.6) is 0 Å². The second kappa shape index (κ2) is 7.53. The molecule has 1 aromatic rings. The van der Waals surface area contributed by atoms with Gasteiger partial charge in [0.2, 0.25) is 0 Å². The summed E-state index contributed by atoms with van der Waals surface area (Å²) < 4.78 is 0. The van der Waals surface area contributed by atoms with Crippen molar-refractivity contribution in [1.82, 2.24) is 5.32 Å². The first-order valence-electron chi connectivity index (χ1n) is 7.02. The van der Waals surface area contributed by atoms with Crippen molar-refractivity contribution in [3.8, 4) is 6.07 Å². The van der Waals surface area contributed by atoms with Gasteiger partial charge in [-0.2, -0.15) is 5.26 Å². The van der Waals surface area contributed by atoms with E-state index in [9.17, 15) is 10.1 Å². The quantitative estimate of drug-likeness (QED) is 0.853. The van der Waals surface area contributed by atoms with E-state index in [-0.39, 0.29) is 5.92 Å². The summed E-state index contributed by atoms with van der Waals surface area (Å²) in [6.07, 6.45) is 5.44. The van der Waals surface area contributed by atoms with E-state index in [1.165, 1.54) is 6.42 Å². The summed E-state index contributed by atoms with van der Waals surface area (Å²) in [4.78, 5) is 12.0. The highest BCUT2D eigenvalue weighted by Crippen LogP contribution is 2.27. The number of anilines is 1. The number of hydrogen-bond donors (Lipinski definition) is 2. The van der Waals surface area contributed by atoms with Gasteiger partial charge in [0.15, 0.2) is 0 Å². The van der Waals surface area contributed by atoms with Crippen molar-refractivity contribution in [3.05, 3.63) is 28.2 Å². The lowest BCUT2D eigenvalue weighted by molar-refractivity contribution is 0.241. The van der Waals surface area contributed by atoms with E-state index >= 15 is 0 Å². The fourth-order valence-electron chi connectivity index (χ4n) is 2.61. The van der Waals surface area contributed by atoms with Gasteiger partial charge >= 0.3 is 6.03 Å². The predicted octanol–water partition coefficient (Wildman–Crippen LogP) is 4.59. The van der Waals surface area contributed by atoms with E-state index in [1.807, 2.05) is 0 Å². The van der Waals surface area contributed by atoms with Gasteiger partial charge in [-0.05, 0) is 37.0 Å². The number of nitriles is 1. The summed E-state index contributed by atoms with van der Waals surface area (Å²) in [6, 6.07) is 6.19. The molecule has 1 aliphatic rings. The molecule has 1 aliphatic carbocycles. The Hall–Kier alpha value is -1.44. The van der Waals surface area contributed by atoms with E-state index < -0.39 is 12.1 Å². The van der Waals surface area contributed by atoms with E-state index in [2.05, 4.69) is 16.7 Å². The smallest absolute Gasteiger partial charge is 0.320 e. The van der Waals surface area contributed by atoms with Gasteiger partial charge in [0.05, 0.1) is 16.1 Å². The predicted molar refractivity (Wildman–Crippen MR) is 84.6 cm³/mol. The van der Waals surface area contributed by atoms with Crippen LogP contribution in [0.3, 0.4) is 0 Å². The van der Waals surface area contributed by atoms with Crippen LogP contribution in [-0.2, 0) is 0 Å². The van der Waals surface area contributed by atoms with E-state index in [4.69, 9.17) is 23.2 Å². The van der Waals surface area contributed by atoms with Crippen LogP contribution in [0.2, 0.25) is 10.0 Å². The van der Waals surface area contributed by atoms with Crippen molar-refractivity contribution in [2.24, 2.45) is 5.92 Å². The van der Waals surface area contributed by atoms with Crippen LogP contribution in [-0.4, -0.2) is 12.1 Å². The summed E-state index contributed by atoms with van der Waals surface area (Å²) in [6.45, 7) is 0. The minimum Gasteiger partial charge on any atom is -0.322 e. The molecule has 6 heteroatoms. The third kappa shape index (κ3) is 4.52. The molecule has 112 valence electrons. The number of amides is 2. The summed E-state index contributed by atoms with van der Waals surface area (Å²) in [7, 11) is 0. The maximum absolute atomic E-state index is 12.0. The Morgan fingerprint density at radius 2 is 1.95 bits per heavy atom. The first-order valence-corrected chi connectivity index (χ1v) is 7.78. The average Bonchev–Trinajstić information content (AvgIpc) is 2.49. The highest BCUT2D eigenvalue weighted by atomic mass is 35.5. The molecule has 0 radical (unpaired) electrons. The van der Waals surface area contributed by atoms with Gasteiger partial charge in [0.1, 0.15) is 6.04 Å². The van der Waals surface area contributed by atoms with Gasteiger partial charge in [-0.1, -0.05) is 42.5 Å². The van der Waals surface area contributed by atoms with Gasteiger partial charge in [-0.15, -0.1) is 0 Å². The number of carbonyl (C=O) groups excluding carboxylic acids is 1. The zero-order valence-electron chi connectivity index (χ0n) is 11.5. The van der Waals surface area contributed by atoms with Crippen LogP contribution in [0.4, 0.5) is 10.5 Å². The lowest BCUT2D eigenvalue weighted by Crippen LogP contribution is -2.42. The molecule has 1 unspecified atom stereocenters. The van der Waals surface area contributed by atoms with Crippen LogP contribution >= 0.6 is 23.2 Å². The first kappa shape index (κ1) is 15.9. The normalized spacial score (nSPS) is 16.8. The SMILES string of the molecule is N#CC(NC(=O)Nc1ccc(Cl)c(Cl)c1)C1CCCCC1. The number of benzene rings is 1. The van der Waals surface area contributed by atoms with Crippen LogP contribution < -0.4 is 10.6 Å². The third-order valence-corrected chi connectivity index (χ3v) is 4.46. The minimum atomic E-state index is -0.451. The van der Waals surface area contributed by atoms with Crippen LogP contribution in [0.15, 0.2) is 18.2 Å². The molecular weight excluding hydrogens is 309 g/mol. The zero-order chi connectivity index (χ0) is 15.2. The van der Waals surface area contributed by atoms with Crippen molar-refractivity contribution in [2.45, 2.75) is 38.1 Å². The van der Waals surface area contributed by atoms with Crippen molar-refractivity contribution in [2.75, 3.05) is 5.32 Å². The average molecular weight is 326 g/mol. The Morgan fingerprint density at radius 3 is 2.57 bits per heavy atom. The number of nitrogens with one attached hydrogen (secondary N) is 2. The van der Waals surface area contributed by atoms with E-state index in [0.717, 1.165) is 25.7 Å². The fraction of sp³-hybridized carbons (Fsp3) is 0.467. The maximum atomic E-state index is 12.0.